The highest BCUT2D eigenvalue weighted by molar-refractivity contribution is 5.41. The van der Waals surface area contributed by atoms with Crippen LogP contribution in [-0.4, -0.2) is 5.11 Å². The number of hydrogen-bond donors (Lipinski definition) is 1. The van der Waals surface area contributed by atoms with E-state index in [2.05, 4.69) is 6.08 Å². The van der Waals surface area contributed by atoms with Crippen LogP contribution in [0.2, 0.25) is 0 Å². The van der Waals surface area contributed by atoms with Gasteiger partial charge in [0.2, 0.25) is 0 Å². The average molecular weight is 254 g/mol. The third-order valence-electron chi connectivity index (χ3n) is 2.91. The van der Waals surface area contributed by atoms with E-state index in [1.54, 1.807) is 6.92 Å². The molecule has 0 fully saturated rings. The minimum Gasteiger partial charge on any atom is -0.507 e. The van der Waals surface area contributed by atoms with Crippen molar-refractivity contribution in [2.24, 2.45) is 0 Å². The van der Waals surface area contributed by atoms with Crippen LogP contribution in [0.3, 0.4) is 0 Å². The number of unbranched alkanes of at least 4 members (excludes halogenated alkanes) is 2. The van der Waals surface area contributed by atoms with Crippen molar-refractivity contribution in [2.75, 3.05) is 0 Å². The summed E-state index contributed by atoms with van der Waals surface area (Å²) in [6, 6.07) is 1.03. The van der Waals surface area contributed by atoms with Crippen molar-refractivity contribution in [3.8, 4) is 5.75 Å². The number of rotatable bonds is 5. The molecular formula is C15H20F2O. The molecule has 1 rings (SSSR count). The van der Waals surface area contributed by atoms with Crippen LogP contribution in [0.1, 0.15) is 44.2 Å². The standard InChI is InChI=1S/C15H20F2O/c1-10(2)7-5-4-6-8-12-14(17)13(16)9-11(3)15(12)18/h7,9,18H,4-6,8H2,1-3H3. The maximum Gasteiger partial charge on any atom is 0.165 e. The fourth-order valence-electron chi connectivity index (χ4n) is 1.87. The summed E-state index contributed by atoms with van der Waals surface area (Å²) < 4.78 is 26.7. The van der Waals surface area contributed by atoms with Crippen molar-refractivity contribution in [1.82, 2.24) is 0 Å². The number of phenolic OH excluding ortho intramolecular Hbond substituents is 1. The van der Waals surface area contributed by atoms with Crippen molar-refractivity contribution in [3.05, 3.63) is 40.5 Å². The Hall–Kier alpha value is -1.38. The summed E-state index contributed by atoms with van der Waals surface area (Å²) in [6.45, 7) is 5.63. The van der Waals surface area contributed by atoms with Gasteiger partial charge >= 0.3 is 0 Å². The minimum absolute atomic E-state index is 0.102. The Morgan fingerprint density at radius 3 is 2.56 bits per heavy atom. The second kappa shape index (κ2) is 6.53. The molecule has 0 aliphatic rings. The highest BCUT2D eigenvalue weighted by atomic mass is 19.2. The first kappa shape index (κ1) is 14.7. The van der Waals surface area contributed by atoms with Crippen molar-refractivity contribution in [1.29, 1.82) is 0 Å². The van der Waals surface area contributed by atoms with Gasteiger partial charge in [0.15, 0.2) is 11.6 Å². The van der Waals surface area contributed by atoms with Crippen LogP contribution in [0.5, 0.6) is 5.75 Å². The van der Waals surface area contributed by atoms with Crippen LogP contribution >= 0.6 is 0 Å². The molecule has 0 radical (unpaired) electrons. The monoisotopic (exact) mass is 254 g/mol. The van der Waals surface area contributed by atoms with Crippen molar-refractivity contribution >= 4 is 0 Å². The molecule has 1 aromatic carbocycles. The van der Waals surface area contributed by atoms with E-state index in [0.29, 0.717) is 12.0 Å². The molecule has 0 unspecified atom stereocenters. The summed E-state index contributed by atoms with van der Waals surface area (Å²) in [6.07, 6.45) is 5.05. The minimum atomic E-state index is -0.916. The molecule has 1 N–H and O–H groups in total. The lowest BCUT2D eigenvalue weighted by Gasteiger charge is -2.09. The summed E-state index contributed by atoms with van der Waals surface area (Å²) in [5, 5.41) is 9.73. The molecule has 3 heteroatoms. The highest BCUT2D eigenvalue weighted by Crippen LogP contribution is 2.28. The van der Waals surface area contributed by atoms with Gasteiger partial charge in [0, 0.05) is 5.56 Å². The smallest absolute Gasteiger partial charge is 0.165 e. The van der Waals surface area contributed by atoms with Crippen LogP contribution < -0.4 is 0 Å². The number of phenols is 1. The molecule has 0 atom stereocenters. The molecule has 0 amide bonds. The molecule has 0 bridgehead atoms. The van der Waals surface area contributed by atoms with E-state index in [0.717, 1.165) is 25.3 Å². The van der Waals surface area contributed by atoms with Crippen LogP contribution in [-0.2, 0) is 6.42 Å². The highest BCUT2D eigenvalue weighted by Gasteiger charge is 2.15. The summed E-state index contributed by atoms with van der Waals surface area (Å²) in [5.74, 6) is -1.92. The Morgan fingerprint density at radius 1 is 1.28 bits per heavy atom. The molecule has 0 saturated heterocycles. The summed E-state index contributed by atoms with van der Waals surface area (Å²) in [5.41, 5.74) is 1.74. The zero-order chi connectivity index (χ0) is 13.7. The van der Waals surface area contributed by atoms with Crippen LogP contribution in [0.25, 0.3) is 0 Å². The van der Waals surface area contributed by atoms with Gasteiger partial charge in [0.1, 0.15) is 5.75 Å². The van der Waals surface area contributed by atoms with Gasteiger partial charge in [-0.1, -0.05) is 11.6 Å². The van der Waals surface area contributed by atoms with E-state index in [9.17, 15) is 13.9 Å². The summed E-state index contributed by atoms with van der Waals surface area (Å²) in [4.78, 5) is 0. The third kappa shape index (κ3) is 3.83. The van der Waals surface area contributed by atoms with Crippen molar-refractivity contribution in [3.63, 3.8) is 0 Å². The van der Waals surface area contributed by atoms with Gasteiger partial charge < -0.3 is 5.11 Å². The second-order valence-corrected chi connectivity index (χ2v) is 4.84. The normalized spacial score (nSPS) is 10.5. The van der Waals surface area contributed by atoms with E-state index >= 15 is 0 Å². The molecule has 0 aromatic heterocycles. The van der Waals surface area contributed by atoms with Crippen molar-refractivity contribution < 1.29 is 13.9 Å². The molecule has 0 saturated carbocycles. The maximum atomic E-state index is 13.5. The van der Waals surface area contributed by atoms with E-state index < -0.39 is 11.6 Å². The fourth-order valence-corrected chi connectivity index (χ4v) is 1.87. The first-order valence-corrected chi connectivity index (χ1v) is 6.23. The predicted molar refractivity (Wildman–Crippen MR) is 69.7 cm³/mol. The molecule has 0 spiro atoms. The number of benzene rings is 1. The number of aryl methyl sites for hydroxylation is 1. The summed E-state index contributed by atoms with van der Waals surface area (Å²) in [7, 11) is 0. The lowest BCUT2D eigenvalue weighted by Crippen LogP contribution is -1.98. The van der Waals surface area contributed by atoms with Gasteiger partial charge in [-0.2, -0.15) is 0 Å². The quantitative estimate of drug-likeness (QED) is 0.598. The molecular weight excluding hydrogens is 234 g/mol. The average Bonchev–Trinajstić information content (AvgIpc) is 2.30. The Labute approximate surface area is 107 Å². The van der Waals surface area contributed by atoms with Crippen LogP contribution in [0.4, 0.5) is 8.78 Å². The third-order valence-corrected chi connectivity index (χ3v) is 2.91. The zero-order valence-corrected chi connectivity index (χ0v) is 11.2. The summed E-state index contributed by atoms with van der Waals surface area (Å²) >= 11 is 0. The van der Waals surface area contributed by atoms with E-state index in [1.807, 2.05) is 13.8 Å². The molecule has 1 nitrogen and oxygen atoms in total. The molecule has 0 aliphatic carbocycles. The van der Waals surface area contributed by atoms with Crippen molar-refractivity contribution in [2.45, 2.75) is 46.5 Å². The Morgan fingerprint density at radius 2 is 1.94 bits per heavy atom. The van der Waals surface area contributed by atoms with Gasteiger partial charge in [-0.25, -0.2) is 8.78 Å². The molecule has 100 valence electrons. The molecule has 0 aliphatic heterocycles. The lowest BCUT2D eigenvalue weighted by molar-refractivity contribution is 0.435. The fraction of sp³-hybridized carbons (Fsp3) is 0.467. The number of aromatic hydroxyl groups is 1. The Kier molecular flexibility index (Phi) is 5.32. The van der Waals surface area contributed by atoms with Gasteiger partial charge in [-0.15, -0.1) is 0 Å². The van der Waals surface area contributed by atoms with Gasteiger partial charge in [-0.05, 0) is 58.1 Å². The zero-order valence-electron chi connectivity index (χ0n) is 11.2. The first-order valence-electron chi connectivity index (χ1n) is 6.23. The number of allylic oxidation sites excluding steroid dienone is 2. The number of hydrogen-bond acceptors (Lipinski definition) is 1. The van der Waals surface area contributed by atoms with Gasteiger partial charge in [0.05, 0.1) is 0 Å². The maximum absolute atomic E-state index is 13.5. The second-order valence-electron chi connectivity index (χ2n) is 4.84. The number of halogens is 2. The molecule has 0 heterocycles. The Balaban J connectivity index is 2.65. The van der Waals surface area contributed by atoms with Gasteiger partial charge in [0.25, 0.3) is 0 Å². The lowest BCUT2D eigenvalue weighted by atomic mass is 10.0. The van der Waals surface area contributed by atoms with Gasteiger partial charge in [-0.3, -0.25) is 0 Å². The topological polar surface area (TPSA) is 20.2 Å². The first-order chi connectivity index (χ1) is 8.43. The molecule has 18 heavy (non-hydrogen) atoms. The van der Waals surface area contributed by atoms with Crippen LogP contribution in [0.15, 0.2) is 17.7 Å². The Bertz CT molecular complexity index is 420. The predicted octanol–water partition coefficient (Wildman–Crippen LogP) is 4.66. The van der Waals surface area contributed by atoms with E-state index in [-0.39, 0.29) is 11.3 Å². The SMILES string of the molecule is CC(C)=CCCCCc1c(O)c(C)cc(F)c1F. The molecule has 1 aromatic rings. The van der Waals surface area contributed by atoms with Crippen LogP contribution in [0, 0.1) is 18.6 Å². The van der Waals surface area contributed by atoms with E-state index in [1.165, 1.54) is 5.57 Å². The van der Waals surface area contributed by atoms with E-state index in [4.69, 9.17) is 0 Å². The largest absolute Gasteiger partial charge is 0.507 e.